The number of nitrogens with one attached hydrogen (secondary N) is 1. The molecule has 4 heteroatoms. The Bertz CT molecular complexity index is 648. The molecule has 3 rings (SSSR count). The number of hydrogen-bond donors (Lipinski definition) is 1. The summed E-state index contributed by atoms with van der Waals surface area (Å²) in [6, 6.07) is 17.7. The lowest BCUT2D eigenvalue weighted by Crippen LogP contribution is -2.37. The highest BCUT2D eigenvalue weighted by Crippen LogP contribution is 2.25. The topological polar surface area (TPSA) is 47.6 Å². The fourth-order valence-corrected chi connectivity index (χ4v) is 3.02. The van der Waals surface area contributed by atoms with Gasteiger partial charge in [0.05, 0.1) is 13.2 Å². The fraction of sp³-hybridized carbons (Fsp3) is 0.350. The molecule has 0 aromatic heterocycles. The van der Waals surface area contributed by atoms with E-state index in [0.29, 0.717) is 13.2 Å². The lowest BCUT2D eigenvalue weighted by atomic mass is 9.95. The lowest BCUT2D eigenvalue weighted by Gasteiger charge is -2.26. The summed E-state index contributed by atoms with van der Waals surface area (Å²) >= 11 is 0. The normalized spacial score (nSPS) is 16.4. The zero-order chi connectivity index (χ0) is 16.8. The molecule has 1 unspecified atom stereocenters. The minimum Gasteiger partial charge on any atom is -0.497 e. The van der Waals surface area contributed by atoms with Gasteiger partial charge in [-0.05, 0) is 36.1 Å². The van der Waals surface area contributed by atoms with E-state index >= 15 is 0 Å². The molecule has 4 nitrogen and oxygen atoms in total. The van der Waals surface area contributed by atoms with Gasteiger partial charge < -0.3 is 14.8 Å². The van der Waals surface area contributed by atoms with Gasteiger partial charge in [0.25, 0.3) is 0 Å². The first-order valence-corrected chi connectivity index (χ1v) is 8.35. The summed E-state index contributed by atoms with van der Waals surface area (Å²) in [4.78, 5) is 12.7. The number of ether oxygens (including phenoxy) is 2. The van der Waals surface area contributed by atoms with E-state index in [1.165, 1.54) is 0 Å². The first-order chi connectivity index (χ1) is 11.8. The van der Waals surface area contributed by atoms with Crippen molar-refractivity contribution in [2.24, 2.45) is 5.92 Å². The maximum absolute atomic E-state index is 12.7. The molecule has 0 radical (unpaired) electrons. The fourth-order valence-electron chi connectivity index (χ4n) is 3.02. The smallest absolute Gasteiger partial charge is 0.224 e. The van der Waals surface area contributed by atoms with Gasteiger partial charge in [-0.25, -0.2) is 0 Å². The monoisotopic (exact) mass is 325 g/mol. The summed E-state index contributed by atoms with van der Waals surface area (Å²) in [6.45, 7) is 1.33. The van der Waals surface area contributed by atoms with Crippen LogP contribution in [0.1, 0.15) is 30.0 Å². The molecule has 1 saturated heterocycles. The first kappa shape index (κ1) is 16.5. The van der Waals surface area contributed by atoms with Gasteiger partial charge in [0, 0.05) is 19.1 Å². The third-order valence-electron chi connectivity index (χ3n) is 4.46. The van der Waals surface area contributed by atoms with Crippen molar-refractivity contribution in [2.75, 3.05) is 20.3 Å². The third-order valence-corrected chi connectivity index (χ3v) is 4.46. The van der Waals surface area contributed by atoms with E-state index in [2.05, 4.69) is 5.32 Å². The highest BCUT2D eigenvalue weighted by molar-refractivity contribution is 5.79. The lowest BCUT2D eigenvalue weighted by molar-refractivity contribution is -0.128. The molecule has 0 spiro atoms. The van der Waals surface area contributed by atoms with Crippen LogP contribution in [-0.4, -0.2) is 26.2 Å². The van der Waals surface area contributed by atoms with E-state index in [4.69, 9.17) is 9.47 Å². The highest BCUT2D eigenvalue weighted by atomic mass is 16.5. The average molecular weight is 325 g/mol. The summed E-state index contributed by atoms with van der Waals surface area (Å²) in [6.07, 6.45) is 1.58. The van der Waals surface area contributed by atoms with E-state index in [0.717, 1.165) is 29.7 Å². The predicted octanol–water partition coefficient (Wildman–Crippen LogP) is 3.33. The highest BCUT2D eigenvalue weighted by Gasteiger charge is 2.25. The second-order valence-electron chi connectivity index (χ2n) is 6.01. The van der Waals surface area contributed by atoms with E-state index in [9.17, 15) is 4.79 Å². The van der Waals surface area contributed by atoms with Crippen LogP contribution in [0, 0.1) is 5.92 Å². The number of amides is 1. The Morgan fingerprint density at radius 3 is 2.29 bits per heavy atom. The number of carbonyl (C=O) groups excluding carboxylic acids is 1. The summed E-state index contributed by atoms with van der Waals surface area (Å²) in [5.74, 6) is 0.937. The molecular weight excluding hydrogens is 302 g/mol. The van der Waals surface area contributed by atoms with Gasteiger partial charge in [0.2, 0.25) is 5.91 Å². The number of carbonyl (C=O) groups is 1. The minimum absolute atomic E-state index is 0.0308. The average Bonchev–Trinajstić information content (AvgIpc) is 2.67. The van der Waals surface area contributed by atoms with Gasteiger partial charge in [-0.15, -0.1) is 0 Å². The Hall–Kier alpha value is -2.33. The number of methoxy groups -OCH3 is 1. The van der Waals surface area contributed by atoms with Crippen LogP contribution in [0.5, 0.6) is 5.75 Å². The van der Waals surface area contributed by atoms with Gasteiger partial charge in [-0.2, -0.15) is 0 Å². The molecule has 1 atom stereocenters. The summed E-state index contributed by atoms with van der Waals surface area (Å²) in [5.41, 5.74) is 2.12. The second-order valence-corrected chi connectivity index (χ2v) is 6.01. The van der Waals surface area contributed by atoms with Gasteiger partial charge in [0.1, 0.15) is 5.75 Å². The number of rotatable bonds is 5. The van der Waals surface area contributed by atoms with Crippen molar-refractivity contribution in [3.05, 3.63) is 65.7 Å². The SMILES string of the molecule is COc1ccc(C(NC(=O)C2CCOCC2)c2ccccc2)cc1. The van der Waals surface area contributed by atoms with Gasteiger partial charge in [-0.1, -0.05) is 42.5 Å². The minimum atomic E-state index is -0.160. The van der Waals surface area contributed by atoms with Crippen LogP contribution in [0.15, 0.2) is 54.6 Å². The van der Waals surface area contributed by atoms with Crippen LogP contribution in [0.4, 0.5) is 0 Å². The van der Waals surface area contributed by atoms with Crippen LogP contribution >= 0.6 is 0 Å². The standard InChI is InChI=1S/C20H23NO3/c1-23-18-9-7-16(8-10-18)19(15-5-3-2-4-6-15)21-20(22)17-11-13-24-14-12-17/h2-10,17,19H,11-14H2,1H3,(H,21,22). The largest absolute Gasteiger partial charge is 0.497 e. The van der Waals surface area contributed by atoms with E-state index in [1.807, 2.05) is 54.6 Å². The van der Waals surface area contributed by atoms with Gasteiger partial charge in [0.15, 0.2) is 0 Å². The molecule has 1 aliphatic heterocycles. The molecule has 2 aromatic carbocycles. The van der Waals surface area contributed by atoms with Crippen molar-refractivity contribution in [3.63, 3.8) is 0 Å². The van der Waals surface area contributed by atoms with Crippen molar-refractivity contribution in [1.29, 1.82) is 0 Å². The molecule has 1 N–H and O–H groups in total. The van der Waals surface area contributed by atoms with Gasteiger partial charge >= 0.3 is 0 Å². The Balaban J connectivity index is 1.83. The van der Waals surface area contributed by atoms with Crippen molar-refractivity contribution in [1.82, 2.24) is 5.32 Å². The van der Waals surface area contributed by atoms with E-state index in [1.54, 1.807) is 7.11 Å². The Kier molecular flexibility index (Phi) is 5.49. The van der Waals surface area contributed by atoms with Crippen molar-refractivity contribution >= 4 is 5.91 Å². The maximum Gasteiger partial charge on any atom is 0.224 e. The molecule has 0 bridgehead atoms. The summed E-state index contributed by atoms with van der Waals surface area (Å²) in [5, 5.41) is 3.22. The molecule has 0 aliphatic carbocycles. The van der Waals surface area contributed by atoms with Crippen LogP contribution in [0.2, 0.25) is 0 Å². The quantitative estimate of drug-likeness (QED) is 0.917. The molecular formula is C20H23NO3. The van der Waals surface area contributed by atoms with E-state index < -0.39 is 0 Å². The Morgan fingerprint density at radius 1 is 1.04 bits per heavy atom. The summed E-state index contributed by atoms with van der Waals surface area (Å²) < 4.78 is 10.6. The number of hydrogen-bond acceptors (Lipinski definition) is 3. The predicted molar refractivity (Wildman–Crippen MR) is 93.0 cm³/mol. The second kappa shape index (κ2) is 7.97. The summed E-state index contributed by atoms with van der Waals surface area (Å²) in [7, 11) is 1.65. The Labute approximate surface area is 142 Å². The van der Waals surface area contributed by atoms with Crippen LogP contribution in [0.3, 0.4) is 0 Å². The zero-order valence-corrected chi connectivity index (χ0v) is 13.9. The molecule has 0 saturated carbocycles. The molecule has 1 fully saturated rings. The van der Waals surface area contributed by atoms with Crippen LogP contribution in [-0.2, 0) is 9.53 Å². The molecule has 126 valence electrons. The first-order valence-electron chi connectivity index (χ1n) is 8.35. The molecule has 1 aliphatic rings. The van der Waals surface area contributed by atoms with Gasteiger partial charge in [-0.3, -0.25) is 4.79 Å². The molecule has 24 heavy (non-hydrogen) atoms. The van der Waals surface area contributed by atoms with Crippen LogP contribution < -0.4 is 10.1 Å². The van der Waals surface area contributed by atoms with Crippen molar-refractivity contribution in [3.8, 4) is 5.75 Å². The third kappa shape index (κ3) is 3.95. The van der Waals surface area contributed by atoms with E-state index in [-0.39, 0.29) is 17.9 Å². The maximum atomic E-state index is 12.7. The zero-order valence-electron chi connectivity index (χ0n) is 13.9. The van der Waals surface area contributed by atoms with Crippen molar-refractivity contribution < 1.29 is 14.3 Å². The van der Waals surface area contributed by atoms with Crippen molar-refractivity contribution in [2.45, 2.75) is 18.9 Å². The molecule has 2 aromatic rings. The van der Waals surface area contributed by atoms with Crippen LogP contribution in [0.25, 0.3) is 0 Å². The Morgan fingerprint density at radius 2 is 1.67 bits per heavy atom. The molecule has 1 amide bonds. The molecule has 1 heterocycles. The number of benzene rings is 2.